The normalized spacial score (nSPS) is 17.8. The van der Waals surface area contributed by atoms with Crippen LogP contribution in [-0.4, -0.2) is 33.8 Å². The van der Waals surface area contributed by atoms with Crippen LogP contribution < -0.4 is 9.64 Å². The van der Waals surface area contributed by atoms with Crippen LogP contribution in [0.5, 0.6) is 5.88 Å². The van der Waals surface area contributed by atoms with E-state index in [4.69, 9.17) is 4.74 Å². The number of amides is 1. The van der Waals surface area contributed by atoms with E-state index in [-0.39, 0.29) is 5.91 Å². The SMILES string of the molecule is O=C(c1cnn(C2CCC2)c1)N1CCOc2ncccc21. The maximum Gasteiger partial charge on any atom is 0.261 e. The van der Waals surface area contributed by atoms with Crippen LogP contribution in [0.1, 0.15) is 35.7 Å². The number of carbonyl (C=O) groups excluding carboxylic acids is 1. The number of hydrogen-bond acceptors (Lipinski definition) is 4. The monoisotopic (exact) mass is 284 g/mol. The van der Waals surface area contributed by atoms with Crippen LogP contribution in [0.15, 0.2) is 30.7 Å². The van der Waals surface area contributed by atoms with Crippen LogP contribution in [0.4, 0.5) is 5.69 Å². The summed E-state index contributed by atoms with van der Waals surface area (Å²) < 4.78 is 7.40. The molecule has 0 bridgehead atoms. The molecule has 2 aromatic rings. The molecule has 1 amide bonds. The summed E-state index contributed by atoms with van der Waals surface area (Å²) in [5.74, 6) is 0.474. The minimum Gasteiger partial charge on any atom is -0.474 e. The molecule has 3 heterocycles. The molecule has 1 fully saturated rings. The van der Waals surface area contributed by atoms with Crippen molar-refractivity contribution in [2.45, 2.75) is 25.3 Å². The van der Waals surface area contributed by atoms with Crippen LogP contribution in [-0.2, 0) is 0 Å². The van der Waals surface area contributed by atoms with Gasteiger partial charge in [0.15, 0.2) is 0 Å². The van der Waals surface area contributed by atoms with Crippen LogP contribution in [0.25, 0.3) is 0 Å². The molecule has 21 heavy (non-hydrogen) atoms. The number of aromatic nitrogens is 3. The van der Waals surface area contributed by atoms with Crippen LogP contribution in [0.3, 0.4) is 0 Å². The van der Waals surface area contributed by atoms with E-state index in [1.165, 1.54) is 6.42 Å². The lowest BCUT2D eigenvalue weighted by Gasteiger charge is -2.28. The lowest BCUT2D eigenvalue weighted by atomic mass is 9.93. The first kappa shape index (κ1) is 12.4. The van der Waals surface area contributed by atoms with Crippen LogP contribution in [0, 0.1) is 0 Å². The van der Waals surface area contributed by atoms with Gasteiger partial charge in [-0.1, -0.05) is 0 Å². The first-order chi connectivity index (χ1) is 10.3. The minimum atomic E-state index is -0.0434. The summed E-state index contributed by atoms with van der Waals surface area (Å²) in [6.07, 6.45) is 8.74. The zero-order valence-corrected chi connectivity index (χ0v) is 11.6. The second-order valence-electron chi connectivity index (χ2n) is 5.43. The van der Waals surface area contributed by atoms with Crippen molar-refractivity contribution in [2.75, 3.05) is 18.1 Å². The lowest BCUT2D eigenvalue weighted by Crippen LogP contribution is -2.38. The number of hydrogen-bond donors (Lipinski definition) is 0. The highest BCUT2D eigenvalue weighted by atomic mass is 16.5. The van der Waals surface area contributed by atoms with Gasteiger partial charge in [0.2, 0.25) is 5.88 Å². The van der Waals surface area contributed by atoms with Gasteiger partial charge in [-0.3, -0.25) is 14.4 Å². The smallest absolute Gasteiger partial charge is 0.261 e. The fraction of sp³-hybridized carbons (Fsp3) is 0.400. The standard InChI is InChI=1S/C15H16N4O2/c20-15(11-9-17-19(10-11)12-3-1-4-12)18-7-8-21-14-13(18)5-2-6-16-14/h2,5-6,9-10,12H,1,3-4,7-8H2. The fourth-order valence-electron chi connectivity index (χ4n) is 2.72. The summed E-state index contributed by atoms with van der Waals surface area (Å²) in [6, 6.07) is 4.13. The van der Waals surface area contributed by atoms with Crippen molar-refractivity contribution >= 4 is 11.6 Å². The Morgan fingerprint density at radius 2 is 2.29 bits per heavy atom. The third-order valence-corrected chi connectivity index (χ3v) is 4.14. The molecule has 108 valence electrons. The highest BCUT2D eigenvalue weighted by Crippen LogP contribution is 2.32. The number of pyridine rings is 1. The molecule has 0 radical (unpaired) electrons. The Morgan fingerprint density at radius 3 is 3.10 bits per heavy atom. The quantitative estimate of drug-likeness (QED) is 0.846. The molecular formula is C15H16N4O2. The van der Waals surface area contributed by atoms with Gasteiger partial charge in [0.1, 0.15) is 12.3 Å². The van der Waals surface area contributed by atoms with Gasteiger partial charge in [0.05, 0.1) is 24.3 Å². The number of ether oxygens (including phenoxy) is 1. The van der Waals surface area contributed by atoms with E-state index in [9.17, 15) is 4.79 Å². The first-order valence-electron chi connectivity index (χ1n) is 7.27. The minimum absolute atomic E-state index is 0.0434. The van der Waals surface area contributed by atoms with Gasteiger partial charge in [-0.25, -0.2) is 4.98 Å². The van der Waals surface area contributed by atoms with Gasteiger partial charge >= 0.3 is 0 Å². The van der Waals surface area contributed by atoms with E-state index in [0.29, 0.717) is 30.6 Å². The van der Waals surface area contributed by atoms with Crippen molar-refractivity contribution in [2.24, 2.45) is 0 Å². The van der Waals surface area contributed by atoms with E-state index >= 15 is 0 Å². The molecule has 1 aliphatic carbocycles. The topological polar surface area (TPSA) is 60.2 Å². The molecule has 0 aromatic carbocycles. The van der Waals surface area contributed by atoms with Gasteiger partial charge < -0.3 is 4.74 Å². The predicted octanol–water partition coefficient (Wildman–Crippen LogP) is 2.04. The maximum atomic E-state index is 12.7. The molecule has 0 atom stereocenters. The van der Waals surface area contributed by atoms with Crippen molar-refractivity contribution < 1.29 is 9.53 Å². The summed E-state index contributed by atoms with van der Waals surface area (Å²) >= 11 is 0. The van der Waals surface area contributed by atoms with Gasteiger partial charge in [-0.15, -0.1) is 0 Å². The Bertz CT molecular complexity index is 678. The molecule has 0 N–H and O–H groups in total. The van der Waals surface area contributed by atoms with E-state index in [2.05, 4.69) is 10.1 Å². The van der Waals surface area contributed by atoms with E-state index in [0.717, 1.165) is 18.5 Å². The van der Waals surface area contributed by atoms with Gasteiger partial charge in [-0.05, 0) is 31.4 Å². The number of fused-ring (bicyclic) bond motifs is 1. The zero-order valence-electron chi connectivity index (χ0n) is 11.6. The number of nitrogens with zero attached hydrogens (tertiary/aromatic N) is 4. The summed E-state index contributed by atoms with van der Waals surface area (Å²) in [7, 11) is 0. The van der Waals surface area contributed by atoms with Crippen molar-refractivity contribution in [1.82, 2.24) is 14.8 Å². The van der Waals surface area contributed by atoms with Crippen molar-refractivity contribution in [3.05, 3.63) is 36.3 Å². The molecule has 4 rings (SSSR count). The number of carbonyl (C=O) groups is 1. The average Bonchev–Trinajstić information content (AvgIpc) is 2.93. The van der Waals surface area contributed by atoms with Crippen molar-refractivity contribution in [1.29, 1.82) is 0 Å². The van der Waals surface area contributed by atoms with E-state index in [1.807, 2.05) is 23.0 Å². The van der Waals surface area contributed by atoms with Crippen LogP contribution >= 0.6 is 0 Å². The predicted molar refractivity (Wildman–Crippen MR) is 76.5 cm³/mol. The summed E-state index contributed by atoms with van der Waals surface area (Å²) in [5.41, 5.74) is 1.35. The van der Waals surface area contributed by atoms with Gasteiger partial charge in [0, 0.05) is 12.4 Å². The number of anilines is 1. The maximum absolute atomic E-state index is 12.7. The summed E-state index contributed by atoms with van der Waals surface area (Å²) in [5, 5.41) is 4.33. The number of rotatable bonds is 2. The Hall–Kier alpha value is -2.37. The zero-order chi connectivity index (χ0) is 14.2. The first-order valence-corrected chi connectivity index (χ1v) is 7.27. The third-order valence-electron chi connectivity index (χ3n) is 4.14. The molecule has 0 saturated heterocycles. The van der Waals surface area contributed by atoms with E-state index in [1.54, 1.807) is 17.3 Å². The molecule has 1 aliphatic heterocycles. The second kappa shape index (κ2) is 4.87. The van der Waals surface area contributed by atoms with Crippen molar-refractivity contribution in [3.8, 4) is 5.88 Å². The Labute approximate surface area is 122 Å². The molecular weight excluding hydrogens is 268 g/mol. The highest BCUT2D eigenvalue weighted by molar-refractivity contribution is 6.06. The molecule has 0 unspecified atom stereocenters. The molecule has 1 saturated carbocycles. The molecule has 2 aromatic heterocycles. The van der Waals surface area contributed by atoms with Crippen LogP contribution in [0.2, 0.25) is 0 Å². The summed E-state index contributed by atoms with van der Waals surface area (Å²) in [4.78, 5) is 18.6. The summed E-state index contributed by atoms with van der Waals surface area (Å²) in [6.45, 7) is 0.999. The third kappa shape index (κ3) is 2.07. The van der Waals surface area contributed by atoms with Gasteiger partial charge in [-0.2, -0.15) is 5.10 Å². The fourth-order valence-corrected chi connectivity index (χ4v) is 2.72. The molecule has 0 spiro atoms. The Kier molecular flexibility index (Phi) is 2.87. The van der Waals surface area contributed by atoms with Gasteiger partial charge in [0.25, 0.3) is 5.91 Å². The van der Waals surface area contributed by atoms with E-state index < -0.39 is 0 Å². The van der Waals surface area contributed by atoms with Crippen molar-refractivity contribution in [3.63, 3.8) is 0 Å². The average molecular weight is 284 g/mol. The lowest BCUT2D eigenvalue weighted by molar-refractivity contribution is 0.0975. The highest BCUT2D eigenvalue weighted by Gasteiger charge is 2.27. The largest absolute Gasteiger partial charge is 0.474 e. The Balaban J connectivity index is 1.61. The molecule has 2 aliphatic rings. The molecule has 6 heteroatoms. The Morgan fingerprint density at radius 1 is 1.38 bits per heavy atom. The molecule has 6 nitrogen and oxygen atoms in total. The second-order valence-corrected chi connectivity index (χ2v) is 5.43.